The molecule has 0 rings (SSSR count). The molecule has 0 heterocycles. The van der Waals surface area contributed by atoms with Crippen molar-refractivity contribution >= 4 is 18.4 Å². The monoisotopic (exact) mass is 446 g/mol. The van der Waals surface area contributed by atoms with E-state index < -0.39 is 18.4 Å². The van der Waals surface area contributed by atoms with Gasteiger partial charge in [0, 0.05) is 0 Å². The molecular formula is C21H42O2Sn. The van der Waals surface area contributed by atoms with Crippen molar-refractivity contribution in [3.05, 3.63) is 0 Å². The Labute approximate surface area is 156 Å². The molecule has 0 aromatic carbocycles. The summed E-state index contributed by atoms with van der Waals surface area (Å²) in [7, 11) is 0. The molecule has 3 heteroatoms. The molecule has 0 amide bonds. The van der Waals surface area contributed by atoms with Gasteiger partial charge in [-0.25, -0.2) is 0 Å². The molecular weight excluding hydrogens is 403 g/mol. The zero-order chi connectivity index (χ0) is 18.1. The van der Waals surface area contributed by atoms with Gasteiger partial charge >= 0.3 is 157 Å². The first-order valence-corrected chi connectivity index (χ1v) is 17.9. The van der Waals surface area contributed by atoms with Crippen molar-refractivity contribution < 1.29 is 9.47 Å². The number of ether oxygens (including phenoxy) is 2. The minimum absolute atomic E-state index is 0.103. The average molecular weight is 445 g/mol. The van der Waals surface area contributed by atoms with E-state index in [1.807, 2.05) is 6.92 Å². The zero-order valence-electron chi connectivity index (χ0n) is 17.1. The summed E-state index contributed by atoms with van der Waals surface area (Å²) in [5.74, 6) is 3.58. The summed E-state index contributed by atoms with van der Waals surface area (Å²) in [4.78, 5) is 0. The summed E-state index contributed by atoms with van der Waals surface area (Å²) in [6.07, 6.45) is 9.13. The summed E-state index contributed by atoms with van der Waals surface area (Å²) in [6.45, 7) is 13.3. The molecule has 0 radical (unpaired) electrons. The van der Waals surface area contributed by atoms with E-state index >= 15 is 0 Å². The van der Waals surface area contributed by atoms with Crippen LogP contribution < -0.4 is 0 Å². The van der Waals surface area contributed by atoms with Gasteiger partial charge in [-0.05, 0) is 0 Å². The third-order valence-electron chi connectivity index (χ3n) is 4.65. The maximum absolute atomic E-state index is 5.94. The number of hydrogen-bond donors (Lipinski definition) is 0. The third-order valence-corrected chi connectivity index (χ3v) is 17.8. The predicted octanol–water partition coefficient (Wildman–Crippen LogP) is 6.21. The molecule has 0 aliphatic heterocycles. The minimum atomic E-state index is -2.32. The summed E-state index contributed by atoms with van der Waals surface area (Å²) in [5.41, 5.74) is 0. The quantitative estimate of drug-likeness (QED) is 0.170. The summed E-state index contributed by atoms with van der Waals surface area (Å²) in [5, 5.41) is 0. The van der Waals surface area contributed by atoms with E-state index in [4.69, 9.17) is 9.47 Å². The number of rotatable bonds is 15. The van der Waals surface area contributed by atoms with Gasteiger partial charge in [0.2, 0.25) is 0 Å². The van der Waals surface area contributed by atoms with Crippen molar-refractivity contribution in [2.75, 3.05) is 19.8 Å². The molecule has 142 valence electrons. The molecule has 2 nitrogen and oxygen atoms in total. The second-order valence-electron chi connectivity index (χ2n) is 6.82. The van der Waals surface area contributed by atoms with Gasteiger partial charge in [-0.15, -0.1) is 0 Å². The van der Waals surface area contributed by atoms with E-state index in [2.05, 4.69) is 37.6 Å². The molecule has 0 unspecified atom stereocenters. The van der Waals surface area contributed by atoms with Crippen LogP contribution in [-0.2, 0) is 9.47 Å². The standard InChI is InChI=1S/C9H15O2.3C4H9.Sn/c1-4-9(5-2)11-8-7-10-6-3;3*1-3-4-2;/h9H,4,6-8H2,1,3H3;3*1,3-4H2,2H3;/t9-;;;;/m1..../s1. The first-order valence-electron chi connectivity index (χ1n) is 10.4. The maximum atomic E-state index is 5.94. The van der Waals surface area contributed by atoms with Crippen LogP contribution in [-0.4, -0.2) is 44.3 Å². The first-order chi connectivity index (χ1) is 11.7. The Morgan fingerprint density at radius 1 is 0.792 bits per heavy atom. The average Bonchev–Trinajstić information content (AvgIpc) is 2.61. The van der Waals surface area contributed by atoms with Gasteiger partial charge in [0.1, 0.15) is 0 Å². The van der Waals surface area contributed by atoms with E-state index in [-0.39, 0.29) is 6.10 Å². The topological polar surface area (TPSA) is 18.5 Å². The Morgan fingerprint density at radius 3 is 1.75 bits per heavy atom. The van der Waals surface area contributed by atoms with Crippen LogP contribution in [0.5, 0.6) is 0 Å². The molecule has 0 spiro atoms. The van der Waals surface area contributed by atoms with Crippen LogP contribution in [0.4, 0.5) is 0 Å². The molecule has 0 aliphatic carbocycles. The Morgan fingerprint density at radius 2 is 1.33 bits per heavy atom. The van der Waals surface area contributed by atoms with Crippen LogP contribution >= 0.6 is 0 Å². The Hall–Kier alpha value is 0.279. The van der Waals surface area contributed by atoms with Crippen molar-refractivity contribution in [3.8, 4) is 9.86 Å². The van der Waals surface area contributed by atoms with Gasteiger partial charge in [0.15, 0.2) is 0 Å². The summed E-state index contributed by atoms with van der Waals surface area (Å²) >= 11 is -2.32. The van der Waals surface area contributed by atoms with E-state index in [1.165, 1.54) is 51.8 Å². The Balaban J connectivity index is 4.94. The van der Waals surface area contributed by atoms with Gasteiger partial charge in [0.05, 0.1) is 0 Å². The summed E-state index contributed by atoms with van der Waals surface area (Å²) in [6, 6.07) is 0. The van der Waals surface area contributed by atoms with Crippen molar-refractivity contribution in [2.24, 2.45) is 0 Å². The van der Waals surface area contributed by atoms with Crippen molar-refractivity contribution in [2.45, 2.75) is 99.0 Å². The SMILES string of the molecule is CCC[CH2][Sn]([C]#C[C@@H](CC)OCCOCC)([CH2]CCC)[CH2]CCC. The van der Waals surface area contributed by atoms with Crippen LogP contribution in [0, 0.1) is 9.86 Å². The second-order valence-corrected chi connectivity index (χ2v) is 19.1. The predicted molar refractivity (Wildman–Crippen MR) is 109 cm³/mol. The molecule has 24 heavy (non-hydrogen) atoms. The van der Waals surface area contributed by atoms with Gasteiger partial charge in [-0.2, -0.15) is 0 Å². The molecule has 0 aromatic rings. The molecule has 0 saturated carbocycles. The van der Waals surface area contributed by atoms with Gasteiger partial charge < -0.3 is 0 Å². The van der Waals surface area contributed by atoms with Crippen LogP contribution in [0.15, 0.2) is 0 Å². The fourth-order valence-corrected chi connectivity index (χ4v) is 16.4. The third kappa shape index (κ3) is 11.8. The molecule has 0 aromatic heterocycles. The fourth-order valence-electron chi connectivity index (χ4n) is 3.00. The van der Waals surface area contributed by atoms with Crippen molar-refractivity contribution in [1.82, 2.24) is 0 Å². The normalized spacial score (nSPS) is 12.7. The van der Waals surface area contributed by atoms with E-state index in [1.54, 1.807) is 0 Å². The van der Waals surface area contributed by atoms with Gasteiger partial charge in [-0.3, -0.25) is 0 Å². The van der Waals surface area contributed by atoms with Gasteiger partial charge in [0.25, 0.3) is 0 Å². The Kier molecular flexibility index (Phi) is 16.9. The Bertz CT molecular complexity index is 311. The molecule has 0 fully saturated rings. The number of hydrogen-bond acceptors (Lipinski definition) is 2. The van der Waals surface area contributed by atoms with Crippen molar-refractivity contribution in [3.63, 3.8) is 0 Å². The molecule has 0 aliphatic rings. The molecule has 1 atom stereocenters. The van der Waals surface area contributed by atoms with Crippen LogP contribution in [0.3, 0.4) is 0 Å². The second kappa shape index (κ2) is 16.7. The number of unbranched alkanes of at least 4 members (excludes halogenated alkanes) is 3. The zero-order valence-corrected chi connectivity index (χ0v) is 19.9. The summed E-state index contributed by atoms with van der Waals surface area (Å²) < 4.78 is 19.6. The van der Waals surface area contributed by atoms with Gasteiger partial charge in [-0.1, -0.05) is 0 Å². The van der Waals surface area contributed by atoms with Crippen molar-refractivity contribution in [1.29, 1.82) is 0 Å². The van der Waals surface area contributed by atoms with Crippen LogP contribution in [0.25, 0.3) is 0 Å². The molecule has 0 N–H and O–H groups in total. The van der Waals surface area contributed by atoms with Crippen LogP contribution in [0.2, 0.25) is 13.3 Å². The van der Waals surface area contributed by atoms with E-state index in [0.29, 0.717) is 13.2 Å². The van der Waals surface area contributed by atoms with E-state index in [9.17, 15) is 0 Å². The molecule has 0 saturated heterocycles. The fraction of sp³-hybridized carbons (Fsp3) is 0.905. The molecule has 0 bridgehead atoms. The van der Waals surface area contributed by atoms with E-state index in [0.717, 1.165) is 13.0 Å². The first kappa shape index (κ1) is 24.3. The van der Waals surface area contributed by atoms with Crippen LogP contribution in [0.1, 0.15) is 79.6 Å².